The number of nitrogens with one attached hydrogen (secondary N) is 1. The normalized spacial score (nSPS) is 33.2. The first kappa shape index (κ1) is 13.8. The van der Waals surface area contributed by atoms with E-state index in [1.165, 1.54) is 32.1 Å². The third kappa shape index (κ3) is 2.86. The van der Waals surface area contributed by atoms with Crippen LogP contribution in [0.1, 0.15) is 46.0 Å². The number of hydrogen-bond donors (Lipinski definition) is 2. The minimum atomic E-state index is -0.000556. The van der Waals surface area contributed by atoms with Crippen LogP contribution >= 0.6 is 0 Å². The zero-order valence-corrected chi connectivity index (χ0v) is 11.9. The minimum Gasteiger partial charge on any atom is -0.323 e. The van der Waals surface area contributed by atoms with Gasteiger partial charge in [0.25, 0.3) is 0 Å². The van der Waals surface area contributed by atoms with Gasteiger partial charge in [-0.3, -0.25) is 0 Å². The summed E-state index contributed by atoms with van der Waals surface area (Å²) < 4.78 is 0. The van der Waals surface area contributed by atoms with E-state index in [4.69, 9.17) is 5.73 Å². The second kappa shape index (κ2) is 6.03. The molecule has 2 atom stereocenters. The van der Waals surface area contributed by atoms with Crippen molar-refractivity contribution in [2.75, 3.05) is 6.54 Å². The molecule has 3 N–H and O–H groups in total. The molecule has 0 aromatic heterocycles. The molecule has 2 aliphatic carbocycles. The van der Waals surface area contributed by atoms with Gasteiger partial charge in [0.05, 0.1) is 5.54 Å². The van der Waals surface area contributed by atoms with E-state index in [1.54, 1.807) is 0 Å². The fourth-order valence-corrected chi connectivity index (χ4v) is 3.36. The second-order valence-electron chi connectivity index (χ2n) is 6.31. The standard InChI is InChI=1S/C16H28N2/c1-13(2)12-18-16(11-7-6-10-15(16)17)14-8-4-3-5-9-14/h6-7,10-11,13-15,18H,3-5,8-9,12,17H2,1-2H3. The quantitative estimate of drug-likeness (QED) is 0.802. The smallest absolute Gasteiger partial charge is 0.0585 e. The Morgan fingerprint density at radius 3 is 2.56 bits per heavy atom. The third-order valence-corrected chi connectivity index (χ3v) is 4.45. The molecule has 2 aliphatic rings. The maximum absolute atomic E-state index is 6.43. The van der Waals surface area contributed by atoms with Gasteiger partial charge in [0.2, 0.25) is 0 Å². The van der Waals surface area contributed by atoms with Crippen molar-refractivity contribution >= 4 is 0 Å². The Bertz CT molecular complexity index is 313. The zero-order chi connectivity index (χ0) is 13.0. The van der Waals surface area contributed by atoms with Gasteiger partial charge >= 0.3 is 0 Å². The fraction of sp³-hybridized carbons (Fsp3) is 0.750. The molecular weight excluding hydrogens is 220 g/mol. The number of allylic oxidation sites excluding steroid dienone is 2. The third-order valence-electron chi connectivity index (χ3n) is 4.45. The van der Waals surface area contributed by atoms with Crippen LogP contribution < -0.4 is 11.1 Å². The summed E-state index contributed by atoms with van der Waals surface area (Å²) in [6.07, 6.45) is 15.5. The number of nitrogens with two attached hydrogens (primary N) is 1. The Morgan fingerprint density at radius 1 is 1.22 bits per heavy atom. The van der Waals surface area contributed by atoms with Gasteiger partial charge in [0.1, 0.15) is 0 Å². The molecule has 0 aliphatic heterocycles. The van der Waals surface area contributed by atoms with E-state index in [9.17, 15) is 0 Å². The van der Waals surface area contributed by atoms with E-state index < -0.39 is 0 Å². The van der Waals surface area contributed by atoms with E-state index in [-0.39, 0.29) is 11.6 Å². The molecule has 0 heterocycles. The molecular formula is C16H28N2. The number of rotatable bonds is 4. The van der Waals surface area contributed by atoms with Gasteiger partial charge in [-0.2, -0.15) is 0 Å². The predicted octanol–water partition coefficient (Wildman–Crippen LogP) is 3.00. The molecule has 2 nitrogen and oxygen atoms in total. The molecule has 0 spiro atoms. The average molecular weight is 248 g/mol. The van der Waals surface area contributed by atoms with Crippen LogP contribution in [-0.4, -0.2) is 18.1 Å². The second-order valence-corrected chi connectivity index (χ2v) is 6.31. The molecule has 0 saturated heterocycles. The highest BCUT2D eigenvalue weighted by Crippen LogP contribution is 2.37. The van der Waals surface area contributed by atoms with Crippen molar-refractivity contribution in [2.24, 2.45) is 17.6 Å². The van der Waals surface area contributed by atoms with Gasteiger partial charge in [0.15, 0.2) is 0 Å². The Balaban J connectivity index is 2.15. The van der Waals surface area contributed by atoms with Crippen LogP contribution in [0.4, 0.5) is 0 Å². The van der Waals surface area contributed by atoms with Gasteiger partial charge in [-0.1, -0.05) is 57.4 Å². The summed E-state index contributed by atoms with van der Waals surface area (Å²) in [6, 6.07) is 0.115. The SMILES string of the molecule is CC(C)CNC1(C2CCCCC2)C=CC=CC1N. The molecule has 0 bridgehead atoms. The molecule has 2 unspecified atom stereocenters. The summed E-state index contributed by atoms with van der Waals surface area (Å²) in [5.41, 5.74) is 6.43. The largest absolute Gasteiger partial charge is 0.323 e. The van der Waals surface area contributed by atoms with Crippen LogP contribution in [0.15, 0.2) is 24.3 Å². The van der Waals surface area contributed by atoms with Gasteiger partial charge in [-0.15, -0.1) is 0 Å². The van der Waals surface area contributed by atoms with Crippen LogP contribution in [0.25, 0.3) is 0 Å². The molecule has 2 heteroatoms. The summed E-state index contributed by atoms with van der Waals surface area (Å²) >= 11 is 0. The average Bonchev–Trinajstić information content (AvgIpc) is 2.39. The van der Waals surface area contributed by atoms with E-state index in [1.807, 2.05) is 0 Å². The van der Waals surface area contributed by atoms with Crippen molar-refractivity contribution in [1.29, 1.82) is 0 Å². The lowest BCUT2D eigenvalue weighted by atomic mass is 9.69. The van der Waals surface area contributed by atoms with Crippen molar-refractivity contribution in [3.8, 4) is 0 Å². The molecule has 0 aromatic rings. The van der Waals surface area contributed by atoms with Crippen molar-refractivity contribution < 1.29 is 0 Å². The lowest BCUT2D eigenvalue weighted by Gasteiger charge is -2.46. The lowest BCUT2D eigenvalue weighted by molar-refractivity contribution is 0.182. The Morgan fingerprint density at radius 2 is 1.94 bits per heavy atom. The topological polar surface area (TPSA) is 38.0 Å². The van der Waals surface area contributed by atoms with E-state index in [0.29, 0.717) is 11.8 Å². The Kier molecular flexibility index (Phi) is 4.63. The van der Waals surface area contributed by atoms with Crippen molar-refractivity contribution in [3.63, 3.8) is 0 Å². The Labute approximate surface area is 112 Å². The Hall–Kier alpha value is -0.600. The first-order chi connectivity index (χ1) is 8.65. The first-order valence-electron chi connectivity index (χ1n) is 7.52. The molecule has 102 valence electrons. The van der Waals surface area contributed by atoms with Gasteiger partial charge in [-0.05, 0) is 31.2 Å². The highest BCUT2D eigenvalue weighted by Gasteiger charge is 2.41. The first-order valence-corrected chi connectivity index (χ1v) is 7.52. The molecule has 0 aromatic carbocycles. The summed E-state index contributed by atoms with van der Waals surface area (Å²) in [7, 11) is 0. The van der Waals surface area contributed by atoms with Crippen LogP contribution in [0.3, 0.4) is 0 Å². The molecule has 18 heavy (non-hydrogen) atoms. The maximum Gasteiger partial charge on any atom is 0.0585 e. The maximum atomic E-state index is 6.43. The highest BCUT2D eigenvalue weighted by molar-refractivity contribution is 5.28. The van der Waals surface area contributed by atoms with Crippen LogP contribution in [0.5, 0.6) is 0 Å². The highest BCUT2D eigenvalue weighted by atomic mass is 15.0. The molecule has 2 rings (SSSR count). The van der Waals surface area contributed by atoms with Crippen LogP contribution in [0, 0.1) is 11.8 Å². The molecule has 0 radical (unpaired) electrons. The summed E-state index contributed by atoms with van der Waals surface area (Å²) in [4.78, 5) is 0. The summed E-state index contributed by atoms with van der Waals surface area (Å²) in [5.74, 6) is 1.36. The summed E-state index contributed by atoms with van der Waals surface area (Å²) in [5, 5.41) is 3.79. The van der Waals surface area contributed by atoms with Crippen molar-refractivity contribution in [2.45, 2.75) is 57.5 Å². The monoisotopic (exact) mass is 248 g/mol. The zero-order valence-electron chi connectivity index (χ0n) is 11.9. The van der Waals surface area contributed by atoms with Crippen molar-refractivity contribution in [3.05, 3.63) is 24.3 Å². The van der Waals surface area contributed by atoms with Crippen molar-refractivity contribution in [1.82, 2.24) is 5.32 Å². The van der Waals surface area contributed by atoms with E-state index in [0.717, 1.165) is 6.54 Å². The van der Waals surface area contributed by atoms with E-state index in [2.05, 4.69) is 43.5 Å². The molecule has 0 amide bonds. The number of hydrogen-bond acceptors (Lipinski definition) is 2. The lowest BCUT2D eigenvalue weighted by Crippen LogP contribution is -2.62. The van der Waals surface area contributed by atoms with Crippen LogP contribution in [-0.2, 0) is 0 Å². The van der Waals surface area contributed by atoms with E-state index >= 15 is 0 Å². The minimum absolute atomic E-state index is 0.000556. The fourth-order valence-electron chi connectivity index (χ4n) is 3.36. The predicted molar refractivity (Wildman–Crippen MR) is 78.4 cm³/mol. The van der Waals surface area contributed by atoms with Gasteiger partial charge < -0.3 is 11.1 Å². The summed E-state index contributed by atoms with van der Waals surface area (Å²) in [6.45, 7) is 5.56. The van der Waals surface area contributed by atoms with Gasteiger partial charge in [0, 0.05) is 6.04 Å². The van der Waals surface area contributed by atoms with Gasteiger partial charge in [-0.25, -0.2) is 0 Å². The van der Waals surface area contributed by atoms with Crippen LogP contribution in [0.2, 0.25) is 0 Å². The molecule has 1 saturated carbocycles. The molecule has 1 fully saturated rings.